The van der Waals surface area contributed by atoms with Crippen LogP contribution in [-0.4, -0.2) is 23.9 Å². The van der Waals surface area contributed by atoms with Crippen LogP contribution in [0.25, 0.3) is 0 Å². The van der Waals surface area contributed by atoms with E-state index in [4.69, 9.17) is 16.3 Å². The van der Waals surface area contributed by atoms with Gasteiger partial charge in [0.1, 0.15) is 5.75 Å². The average molecular weight is 333 g/mol. The number of hydrogen-bond acceptors (Lipinski definition) is 2. The molecule has 0 aromatic heterocycles. The molecule has 1 aliphatic carbocycles. The summed E-state index contributed by atoms with van der Waals surface area (Å²) in [6.07, 6.45) is 3.25. The van der Waals surface area contributed by atoms with Crippen molar-refractivity contribution in [3.8, 4) is 5.75 Å². The van der Waals surface area contributed by atoms with Crippen molar-refractivity contribution in [1.82, 2.24) is 5.32 Å². The number of rotatable bonds is 3. The summed E-state index contributed by atoms with van der Waals surface area (Å²) in [4.78, 5) is 12.5. The van der Waals surface area contributed by atoms with Gasteiger partial charge < -0.3 is 10.1 Å². The number of benzene rings is 1. The first kappa shape index (κ1) is 13.7. The molecule has 1 saturated carbocycles. The lowest BCUT2D eigenvalue weighted by atomic mass is 10.1. The lowest BCUT2D eigenvalue weighted by Crippen LogP contribution is -2.37. The van der Waals surface area contributed by atoms with Gasteiger partial charge in [0.2, 0.25) is 0 Å². The summed E-state index contributed by atoms with van der Waals surface area (Å²) in [5.41, 5.74) is 0.522. The average Bonchev–Trinajstić information content (AvgIpc) is 2.74. The molecule has 1 N–H and O–H groups in total. The Balaban J connectivity index is 2.13. The van der Waals surface area contributed by atoms with Gasteiger partial charge in [0.15, 0.2) is 0 Å². The van der Waals surface area contributed by atoms with Gasteiger partial charge in [-0.15, -0.1) is 0 Å². The SMILES string of the molecule is COc1cc(Cl)ccc1C(=O)NC1CCCC1Br. The van der Waals surface area contributed by atoms with Crippen LogP contribution in [0.5, 0.6) is 5.75 Å². The summed E-state index contributed by atoms with van der Waals surface area (Å²) >= 11 is 9.46. The maximum absolute atomic E-state index is 12.2. The molecule has 98 valence electrons. The number of alkyl halides is 1. The Morgan fingerprint density at radius 2 is 2.28 bits per heavy atom. The minimum absolute atomic E-state index is 0.111. The molecule has 0 bridgehead atoms. The predicted octanol–water partition coefficient (Wildman–Crippen LogP) is 3.39. The van der Waals surface area contributed by atoms with Gasteiger partial charge in [-0.2, -0.15) is 0 Å². The van der Waals surface area contributed by atoms with Gasteiger partial charge in [0.05, 0.1) is 12.7 Å². The van der Waals surface area contributed by atoms with Crippen LogP contribution in [-0.2, 0) is 0 Å². The van der Waals surface area contributed by atoms with E-state index in [0.29, 0.717) is 21.2 Å². The lowest BCUT2D eigenvalue weighted by molar-refractivity contribution is 0.0936. The predicted molar refractivity (Wildman–Crippen MR) is 75.8 cm³/mol. The third-order valence-corrected chi connectivity index (χ3v) is 4.49. The molecule has 0 spiro atoms. The van der Waals surface area contributed by atoms with Gasteiger partial charge in [-0.1, -0.05) is 34.0 Å². The van der Waals surface area contributed by atoms with Crippen LogP contribution >= 0.6 is 27.5 Å². The zero-order chi connectivity index (χ0) is 13.1. The van der Waals surface area contributed by atoms with Gasteiger partial charge in [0.25, 0.3) is 5.91 Å². The van der Waals surface area contributed by atoms with E-state index in [1.165, 1.54) is 7.11 Å². The standard InChI is InChI=1S/C13H15BrClNO2/c1-18-12-7-8(15)5-6-9(12)13(17)16-11-4-2-3-10(11)14/h5-7,10-11H,2-4H2,1H3,(H,16,17). The number of nitrogens with one attached hydrogen (secondary N) is 1. The fourth-order valence-electron chi connectivity index (χ4n) is 2.18. The van der Waals surface area contributed by atoms with Crippen molar-refractivity contribution < 1.29 is 9.53 Å². The Labute approximate surface area is 120 Å². The molecule has 2 atom stereocenters. The highest BCUT2D eigenvalue weighted by Crippen LogP contribution is 2.27. The lowest BCUT2D eigenvalue weighted by Gasteiger charge is -2.17. The first-order chi connectivity index (χ1) is 8.61. The molecule has 1 fully saturated rings. The zero-order valence-corrected chi connectivity index (χ0v) is 12.4. The minimum atomic E-state index is -0.111. The number of carbonyl (C=O) groups is 1. The summed E-state index contributed by atoms with van der Waals surface area (Å²) in [7, 11) is 1.53. The van der Waals surface area contributed by atoms with Crippen LogP contribution in [0.3, 0.4) is 0 Å². The van der Waals surface area contributed by atoms with Crippen LogP contribution in [0.4, 0.5) is 0 Å². The molecule has 3 nitrogen and oxygen atoms in total. The van der Waals surface area contributed by atoms with E-state index in [1.54, 1.807) is 18.2 Å². The van der Waals surface area contributed by atoms with E-state index in [1.807, 2.05) is 0 Å². The quantitative estimate of drug-likeness (QED) is 0.862. The van der Waals surface area contributed by atoms with E-state index in [0.717, 1.165) is 19.3 Å². The molecule has 0 heterocycles. The fraction of sp³-hybridized carbons (Fsp3) is 0.462. The Morgan fingerprint density at radius 3 is 2.89 bits per heavy atom. The highest BCUT2D eigenvalue weighted by Gasteiger charge is 2.27. The van der Waals surface area contributed by atoms with E-state index in [9.17, 15) is 4.79 Å². The molecule has 18 heavy (non-hydrogen) atoms. The van der Waals surface area contributed by atoms with Crippen molar-refractivity contribution in [2.24, 2.45) is 0 Å². The Morgan fingerprint density at radius 1 is 1.50 bits per heavy atom. The molecule has 1 aromatic rings. The highest BCUT2D eigenvalue weighted by molar-refractivity contribution is 9.09. The zero-order valence-electron chi connectivity index (χ0n) is 10.1. The number of halogens is 2. The van der Waals surface area contributed by atoms with Crippen molar-refractivity contribution in [2.45, 2.75) is 30.1 Å². The molecule has 5 heteroatoms. The highest BCUT2D eigenvalue weighted by atomic mass is 79.9. The third kappa shape index (κ3) is 2.98. The molecule has 1 aliphatic rings. The summed E-state index contributed by atoms with van der Waals surface area (Å²) in [6, 6.07) is 5.22. The normalized spacial score (nSPS) is 22.8. The Kier molecular flexibility index (Phi) is 4.51. The maximum Gasteiger partial charge on any atom is 0.255 e. The minimum Gasteiger partial charge on any atom is -0.496 e. The summed E-state index contributed by atoms with van der Waals surface area (Å²) in [6.45, 7) is 0. The monoisotopic (exact) mass is 331 g/mol. The first-order valence-corrected chi connectivity index (χ1v) is 7.19. The molecule has 2 rings (SSSR count). The molecule has 1 amide bonds. The second-order valence-corrected chi connectivity index (χ2v) is 5.98. The summed E-state index contributed by atoms with van der Waals surface area (Å²) < 4.78 is 5.18. The van der Waals surface area contributed by atoms with Gasteiger partial charge >= 0.3 is 0 Å². The maximum atomic E-state index is 12.2. The molecule has 1 aromatic carbocycles. The van der Waals surface area contributed by atoms with Crippen LogP contribution < -0.4 is 10.1 Å². The van der Waals surface area contributed by atoms with Crippen molar-refractivity contribution in [3.63, 3.8) is 0 Å². The third-order valence-electron chi connectivity index (χ3n) is 3.16. The van der Waals surface area contributed by atoms with E-state index < -0.39 is 0 Å². The van der Waals surface area contributed by atoms with Crippen molar-refractivity contribution >= 4 is 33.4 Å². The van der Waals surface area contributed by atoms with Gasteiger partial charge in [0, 0.05) is 15.9 Å². The van der Waals surface area contributed by atoms with Crippen molar-refractivity contribution in [1.29, 1.82) is 0 Å². The van der Waals surface area contributed by atoms with Gasteiger partial charge in [-0.3, -0.25) is 4.79 Å². The number of carbonyl (C=O) groups excluding carboxylic acids is 1. The number of hydrogen-bond donors (Lipinski definition) is 1. The van der Waals surface area contributed by atoms with Gasteiger partial charge in [-0.05, 0) is 31.0 Å². The number of ether oxygens (including phenoxy) is 1. The number of amides is 1. The van der Waals surface area contributed by atoms with Crippen LogP contribution in [0.15, 0.2) is 18.2 Å². The van der Waals surface area contributed by atoms with Crippen LogP contribution in [0.1, 0.15) is 29.6 Å². The largest absolute Gasteiger partial charge is 0.496 e. The van der Waals surface area contributed by atoms with E-state index >= 15 is 0 Å². The van der Waals surface area contributed by atoms with Crippen LogP contribution in [0, 0.1) is 0 Å². The second-order valence-electron chi connectivity index (χ2n) is 4.37. The van der Waals surface area contributed by atoms with E-state index in [2.05, 4.69) is 21.2 Å². The van der Waals surface area contributed by atoms with Crippen LogP contribution in [0.2, 0.25) is 5.02 Å². The molecule has 0 aliphatic heterocycles. The molecule has 0 saturated heterocycles. The fourth-order valence-corrected chi connectivity index (χ4v) is 3.06. The molecular formula is C13H15BrClNO2. The summed E-state index contributed by atoms with van der Waals surface area (Å²) in [5.74, 6) is 0.393. The molecule has 2 unspecified atom stereocenters. The van der Waals surface area contributed by atoms with E-state index in [-0.39, 0.29) is 11.9 Å². The Hall–Kier alpha value is -0.740. The smallest absolute Gasteiger partial charge is 0.255 e. The Bertz CT molecular complexity index is 453. The molecular weight excluding hydrogens is 318 g/mol. The first-order valence-electron chi connectivity index (χ1n) is 5.90. The van der Waals surface area contributed by atoms with Gasteiger partial charge in [-0.25, -0.2) is 0 Å². The van der Waals surface area contributed by atoms with Crippen molar-refractivity contribution in [3.05, 3.63) is 28.8 Å². The number of methoxy groups -OCH3 is 1. The topological polar surface area (TPSA) is 38.3 Å². The molecule has 0 radical (unpaired) electrons. The second kappa shape index (κ2) is 5.93. The summed E-state index contributed by atoms with van der Waals surface area (Å²) in [5, 5.41) is 3.59. The van der Waals surface area contributed by atoms with Crippen molar-refractivity contribution in [2.75, 3.05) is 7.11 Å².